The van der Waals surface area contributed by atoms with Crippen molar-refractivity contribution in [1.29, 1.82) is 0 Å². The van der Waals surface area contributed by atoms with E-state index in [0.717, 1.165) is 0 Å². The van der Waals surface area contributed by atoms with E-state index in [1.165, 1.54) is 17.1 Å². The molecule has 2 heterocycles. The lowest BCUT2D eigenvalue weighted by molar-refractivity contribution is 0.0690. The second-order valence-electron chi connectivity index (χ2n) is 3.74. The molecule has 1 unspecified atom stereocenters. The largest absolute Gasteiger partial charge is 0.476 e. The molecule has 0 aliphatic rings. The van der Waals surface area contributed by atoms with Gasteiger partial charge in [0.05, 0.1) is 29.8 Å². The number of hydrogen-bond donors (Lipinski definition) is 1. The Kier molecular flexibility index (Phi) is 3.24. The van der Waals surface area contributed by atoms with E-state index in [1.807, 2.05) is 6.92 Å². The van der Waals surface area contributed by atoms with Crippen molar-refractivity contribution < 1.29 is 9.90 Å². The maximum Gasteiger partial charge on any atom is 0.358 e. The average Bonchev–Trinajstić information content (AvgIpc) is 2.81. The summed E-state index contributed by atoms with van der Waals surface area (Å²) in [6.07, 6.45) is 2.88. The number of aromatic nitrogens is 5. The number of carbonyl (C=O) groups is 1. The highest BCUT2D eigenvalue weighted by atomic mass is 35.5. The Bertz CT molecular complexity index is 598. The number of nitrogens with zero attached hydrogens (tertiary/aromatic N) is 5. The fraction of sp³-hybridized carbons (Fsp3) is 0.300. The molecule has 94 valence electrons. The van der Waals surface area contributed by atoms with Gasteiger partial charge in [0.25, 0.3) is 0 Å². The number of carboxylic acids is 1. The van der Waals surface area contributed by atoms with E-state index in [0.29, 0.717) is 16.5 Å². The van der Waals surface area contributed by atoms with Gasteiger partial charge in [0.15, 0.2) is 5.69 Å². The zero-order chi connectivity index (χ0) is 13.3. The highest BCUT2D eigenvalue weighted by Gasteiger charge is 2.15. The number of aryl methyl sites for hydroxylation is 1. The molecule has 18 heavy (non-hydrogen) atoms. The molecule has 0 aliphatic heterocycles. The molecular formula is C10H10ClN5O2. The molecule has 0 radical (unpaired) electrons. The zero-order valence-corrected chi connectivity index (χ0v) is 10.5. The van der Waals surface area contributed by atoms with Crippen LogP contribution in [0, 0.1) is 6.92 Å². The maximum absolute atomic E-state index is 10.7. The SMILES string of the molecule is Cc1nc(C(C)n2cc(C(=O)O)nn2)cnc1Cl. The van der Waals surface area contributed by atoms with Crippen LogP contribution in [0.3, 0.4) is 0 Å². The molecule has 0 bridgehead atoms. The minimum atomic E-state index is -1.12. The van der Waals surface area contributed by atoms with Crippen molar-refractivity contribution in [2.75, 3.05) is 0 Å². The Morgan fingerprint density at radius 2 is 2.28 bits per heavy atom. The topological polar surface area (TPSA) is 93.8 Å². The standard InChI is InChI=1S/C10H10ClN5O2/c1-5-9(11)12-3-7(13-5)6(2)16-4-8(10(17)18)14-15-16/h3-4,6H,1-2H3,(H,17,18). The normalized spacial score (nSPS) is 12.4. The summed E-state index contributed by atoms with van der Waals surface area (Å²) in [5.74, 6) is -1.12. The first-order valence-electron chi connectivity index (χ1n) is 5.13. The predicted molar refractivity (Wildman–Crippen MR) is 62.6 cm³/mol. The van der Waals surface area contributed by atoms with Gasteiger partial charge in [-0.25, -0.2) is 14.5 Å². The van der Waals surface area contributed by atoms with E-state index < -0.39 is 5.97 Å². The Balaban J connectivity index is 2.31. The number of hydrogen-bond acceptors (Lipinski definition) is 5. The van der Waals surface area contributed by atoms with Crippen molar-refractivity contribution in [3.8, 4) is 0 Å². The summed E-state index contributed by atoms with van der Waals surface area (Å²) in [5.41, 5.74) is 1.14. The van der Waals surface area contributed by atoms with Crippen LogP contribution in [0.15, 0.2) is 12.4 Å². The number of halogens is 1. The van der Waals surface area contributed by atoms with Gasteiger partial charge in [0, 0.05) is 0 Å². The van der Waals surface area contributed by atoms with Crippen LogP contribution in [0.2, 0.25) is 5.15 Å². The van der Waals surface area contributed by atoms with Gasteiger partial charge in [-0.1, -0.05) is 16.8 Å². The van der Waals surface area contributed by atoms with Crippen molar-refractivity contribution in [3.63, 3.8) is 0 Å². The lowest BCUT2D eigenvalue weighted by atomic mass is 10.2. The number of carboxylic acid groups (broad SMARTS) is 1. The minimum absolute atomic E-state index is 0.111. The highest BCUT2D eigenvalue weighted by molar-refractivity contribution is 6.29. The van der Waals surface area contributed by atoms with Crippen molar-refractivity contribution in [3.05, 3.63) is 34.6 Å². The molecule has 8 heteroatoms. The average molecular weight is 268 g/mol. The van der Waals surface area contributed by atoms with E-state index in [2.05, 4.69) is 20.3 Å². The minimum Gasteiger partial charge on any atom is -0.476 e. The Morgan fingerprint density at radius 1 is 1.56 bits per heavy atom. The third-order valence-electron chi connectivity index (χ3n) is 2.46. The summed E-state index contributed by atoms with van der Waals surface area (Å²) < 4.78 is 1.42. The molecule has 7 nitrogen and oxygen atoms in total. The van der Waals surface area contributed by atoms with E-state index in [4.69, 9.17) is 16.7 Å². The molecule has 0 saturated carbocycles. The molecule has 0 fully saturated rings. The molecule has 1 N–H and O–H groups in total. The molecule has 1 atom stereocenters. The van der Waals surface area contributed by atoms with Crippen LogP contribution in [0.4, 0.5) is 0 Å². The van der Waals surface area contributed by atoms with Gasteiger partial charge in [-0.2, -0.15) is 0 Å². The lowest BCUT2D eigenvalue weighted by Gasteiger charge is -2.10. The van der Waals surface area contributed by atoms with Crippen LogP contribution in [0.25, 0.3) is 0 Å². The summed E-state index contributed by atoms with van der Waals surface area (Å²) in [6, 6.07) is -0.269. The Hall–Kier alpha value is -2.02. The van der Waals surface area contributed by atoms with Gasteiger partial charge in [-0.3, -0.25) is 4.98 Å². The molecule has 0 spiro atoms. The predicted octanol–water partition coefficient (Wildman–Crippen LogP) is 1.34. The van der Waals surface area contributed by atoms with E-state index in [1.54, 1.807) is 6.92 Å². The maximum atomic E-state index is 10.7. The van der Waals surface area contributed by atoms with Crippen molar-refractivity contribution in [2.24, 2.45) is 0 Å². The molecule has 0 aliphatic carbocycles. The van der Waals surface area contributed by atoms with Crippen molar-refractivity contribution in [1.82, 2.24) is 25.0 Å². The summed E-state index contributed by atoms with van der Waals surface area (Å²) in [5, 5.41) is 16.4. The quantitative estimate of drug-likeness (QED) is 0.902. The van der Waals surface area contributed by atoms with Gasteiger partial charge in [-0.05, 0) is 13.8 Å². The van der Waals surface area contributed by atoms with Crippen LogP contribution in [0.1, 0.15) is 34.8 Å². The fourth-order valence-electron chi connectivity index (χ4n) is 1.39. The summed E-state index contributed by atoms with van der Waals surface area (Å²) in [4.78, 5) is 19.0. The summed E-state index contributed by atoms with van der Waals surface area (Å²) in [6.45, 7) is 3.56. The fourth-order valence-corrected chi connectivity index (χ4v) is 1.48. The molecule has 0 saturated heterocycles. The van der Waals surface area contributed by atoms with Gasteiger partial charge in [0.1, 0.15) is 5.15 Å². The smallest absolute Gasteiger partial charge is 0.358 e. The lowest BCUT2D eigenvalue weighted by Crippen LogP contribution is -2.10. The first kappa shape index (κ1) is 12.4. The van der Waals surface area contributed by atoms with Gasteiger partial charge >= 0.3 is 5.97 Å². The Labute approximate surface area is 107 Å². The highest BCUT2D eigenvalue weighted by Crippen LogP contribution is 2.17. The van der Waals surface area contributed by atoms with Crippen molar-refractivity contribution in [2.45, 2.75) is 19.9 Å². The molecule has 2 aromatic heterocycles. The molecule has 0 amide bonds. The van der Waals surface area contributed by atoms with Gasteiger partial charge in [0.2, 0.25) is 0 Å². The molecular weight excluding hydrogens is 258 g/mol. The van der Waals surface area contributed by atoms with Crippen LogP contribution in [-0.4, -0.2) is 36.0 Å². The van der Waals surface area contributed by atoms with Crippen LogP contribution < -0.4 is 0 Å². The van der Waals surface area contributed by atoms with Crippen LogP contribution in [0.5, 0.6) is 0 Å². The van der Waals surface area contributed by atoms with Gasteiger partial charge in [-0.15, -0.1) is 5.10 Å². The molecule has 2 rings (SSSR count). The second kappa shape index (κ2) is 4.69. The van der Waals surface area contributed by atoms with Crippen molar-refractivity contribution >= 4 is 17.6 Å². The van der Waals surface area contributed by atoms with Crippen LogP contribution >= 0.6 is 11.6 Å². The summed E-state index contributed by atoms with van der Waals surface area (Å²) >= 11 is 5.79. The van der Waals surface area contributed by atoms with Gasteiger partial charge < -0.3 is 5.11 Å². The molecule has 2 aromatic rings. The third kappa shape index (κ3) is 2.30. The van der Waals surface area contributed by atoms with E-state index in [-0.39, 0.29) is 11.7 Å². The second-order valence-corrected chi connectivity index (χ2v) is 4.09. The van der Waals surface area contributed by atoms with Crippen LogP contribution in [-0.2, 0) is 0 Å². The number of aromatic carboxylic acids is 1. The first-order valence-corrected chi connectivity index (χ1v) is 5.51. The zero-order valence-electron chi connectivity index (χ0n) is 9.70. The number of rotatable bonds is 3. The third-order valence-corrected chi connectivity index (χ3v) is 2.83. The summed E-state index contributed by atoms with van der Waals surface area (Å²) in [7, 11) is 0. The monoisotopic (exact) mass is 267 g/mol. The Morgan fingerprint density at radius 3 is 2.83 bits per heavy atom. The van der Waals surface area contributed by atoms with E-state index in [9.17, 15) is 4.79 Å². The molecule has 0 aromatic carbocycles. The van der Waals surface area contributed by atoms with E-state index >= 15 is 0 Å². The first-order chi connectivity index (χ1) is 8.49.